The van der Waals surface area contributed by atoms with Crippen molar-refractivity contribution < 1.29 is 17.2 Å². The molecule has 0 saturated heterocycles. The number of hydrogen-bond acceptors (Lipinski definition) is 4. The molecule has 1 heterocycles. The molecule has 1 aromatic heterocycles. The predicted octanol–water partition coefficient (Wildman–Crippen LogP) is 0.975. The van der Waals surface area contributed by atoms with Crippen LogP contribution in [0.4, 0.5) is 8.78 Å². The van der Waals surface area contributed by atoms with Gasteiger partial charge in [0, 0.05) is 17.9 Å². The van der Waals surface area contributed by atoms with E-state index in [0.29, 0.717) is 5.56 Å². The van der Waals surface area contributed by atoms with Crippen molar-refractivity contribution in [3.8, 4) is 0 Å². The summed E-state index contributed by atoms with van der Waals surface area (Å²) in [4.78, 5) is 0. The summed E-state index contributed by atoms with van der Waals surface area (Å²) in [5, 5.41) is 6.60. The van der Waals surface area contributed by atoms with Crippen LogP contribution in [0.3, 0.4) is 0 Å². The highest BCUT2D eigenvalue weighted by Crippen LogP contribution is 2.22. The van der Waals surface area contributed by atoms with E-state index in [-0.39, 0.29) is 30.3 Å². The number of nitrogens with zero attached hydrogens (tertiary/aromatic N) is 2. The molecular formula is C10H17F2N3O2S. The molecule has 104 valence electrons. The molecule has 18 heavy (non-hydrogen) atoms. The van der Waals surface area contributed by atoms with Gasteiger partial charge in [0.05, 0.1) is 18.5 Å². The van der Waals surface area contributed by atoms with E-state index in [1.165, 1.54) is 13.1 Å². The molecule has 0 aromatic carbocycles. The van der Waals surface area contributed by atoms with Crippen LogP contribution >= 0.6 is 0 Å². The first kappa shape index (κ1) is 15.0. The SMILES string of the molecule is CCS(=O)(=O)CCn1ncc(CNC)c1C(F)F. The highest BCUT2D eigenvalue weighted by molar-refractivity contribution is 7.91. The zero-order valence-corrected chi connectivity index (χ0v) is 11.2. The van der Waals surface area contributed by atoms with E-state index in [9.17, 15) is 17.2 Å². The first-order valence-electron chi connectivity index (χ1n) is 5.59. The van der Waals surface area contributed by atoms with Gasteiger partial charge < -0.3 is 5.32 Å². The summed E-state index contributed by atoms with van der Waals surface area (Å²) in [5.74, 6) is -0.175. The molecule has 8 heteroatoms. The molecule has 0 aliphatic rings. The molecule has 1 aromatic rings. The molecule has 0 atom stereocenters. The Hall–Kier alpha value is -1.02. The summed E-state index contributed by atoms with van der Waals surface area (Å²) in [5.41, 5.74) is 0.178. The maximum Gasteiger partial charge on any atom is 0.280 e. The van der Waals surface area contributed by atoms with Gasteiger partial charge in [-0.3, -0.25) is 4.68 Å². The van der Waals surface area contributed by atoms with Crippen molar-refractivity contribution in [2.75, 3.05) is 18.6 Å². The fourth-order valence-electron chi connectivity index (χ4n) is 1.56. The van der Waals surface area contributed by atoms with Gasteiger partial charge in [0.25, 0.3) is 6.43 Å². The third-order valence-electron chi connectivity index (χ3n) is 2.59. The van der Waals surface area contributed by atoms with Gasteiger partial charge in [0.15, 0.2) is 9.84 Å². The average molecular weight is 281 g/mol. The van der Waals surface area contributed by atoms with Crippen molar-refractivity contribution in [2.45, 2.75) is 26.4 Å². The third-order valence-corrected chi connectivity index (χ3v) is 4.27. The number of aryl methyl sites for hydroxylation is 1. The molecular weight excluding hydrogens is 264 g/mol. The van der Waals surface area contributed by atoms with Crippen LogP contribution in [0.2, 0.25) is 0 Å². The number of aromatic nitrogens is 2. The first-order valence-corrected chi connectivity index (χ1v) is 7.41. The van der Waals surface area contributed by atoms with E-state index in [1.807, 2.05) is 0 Å². The van der Waals surface area contributed by atoms with Crippen LogP contribution in [-0.2, 0) is 22.9 Å². The van der Waals surface area contributed by atoms with Gasteiger partial charge in [-0.25, -0.2) is 17.2 Å². The largest absolute Gasteiger partial charge is 0.316 e. The average Bonchev–Trinajstić information content (AvgIpc) is 2.70. The van der Waals surface area contributed by atoms with Crippen LogP contribution in [0.5, 0.6) is 0 Å². The lowest BCUT2D eigenvalue weighted by atomic mass is 10.2. The smallest absolute Gasteiger partial charge is 0.280 e. The minimum absolute atomic E-state index is 0.00164. The van der Waals surface area contributed by atoms with Crippen LogP contribution in [0.15, 0.2) is 6.20 Å². The van der Waals surface area contributed by atoms with E-state index in [4.69, 9.17) is 0 Å². The van der Waals surface area contributed by atoms with Crippen LogP contribution < -0.4 is 5.32 Å². The first-order chi connectivity index (χ1) is 8.41. The predicted molar refractivity (Wildman–Crippen MR) is 64.3 cm³/mol. The zero-order chi connectivity index (χ0) is 13.8. The Morgan fingerprint density at radius 3 is 2.67 bits per heavy atom. The van der Waals surface area contributed by atoms with Gasteiger partial charge in [0.2, 0.25) is 0 Å². The molecule has 1 N–H and O–H groups in total. The summed E-state index contributed by atoms with van der Waals surface area (Å²) in [6.45, 7) is 1.76. The lowest BCUT2D eigenvalue weighted by molar-refractivity contribution is 0.138. The van der Waals surface area contributed by atoms with E-state index in [1.54, 1.807) is 7.05 Å². The van der Waals surface area contributed by atoms with Crippen molar-refractivity contribution in [1.29, 1.82) is 0 Å². The van der Waals surface area contributed by atoms with E-state index in [2.05, 4.69) is 10.4 Å². The lowest BCUT2D eigenvalue weighted by Crippen LogP contribution is -2.18. The quantitative estimate of drug-likeness (QED) is 0.809. The van der Waals surface area contributed by atoms with Crippen molar-refractivity contribution in [2.24, 2.45) is 0 Å². The zero-order valence-electron chi connectivity index (χ0n) is 10.4. The number of sulfone groups is 1. The van der Waals surface area contributed by atoms with Crippen molar-refractivity contribution in [3.05, 3.63) is 17.5 Å². The van der Waals surface area contributed by atoms with Crippen molar-refractivity contribution in [1.82, 2.24) is 15.1 Å². The second-order valence-electron chi connectivity index (χ2n) is 3.85. The summed E-state index contributed by atoms with van der Waals surface area (Å²) in [6.07, 6.45) is -1.32. The maximum absolute atomic E-state index is 12.9. The van der Waals surface area contributed by atoms with Crippen molar-refractivity contribution >= 4 is 9.84 Å². The van der Waals surface area contributed by atoms with Crippen LogP contribution in [0, 0.1) is 0 Å². The minimum Gasteiger partial charge on any atom is -0.316 e. The van der Waals surface area contributed by atoms with Gasteiger partial charge in [0.1, 0.15) is 5.69 Å². The van der Waals surface area contributed by atoms with Crippen LogP contribution in [-0.4, -0.2) is 36.8 Å². The molecule has 0 fully saturated rings. The highest BCUT2D eigenvalue weighted by Gasteiger charge is 2.20. The van der Waals surface area contributed by atoms with Gasteiger partial charge in [-0.05, 0) is 7.05 Å². The Balaban J connectivity index is 2.89. The molecule has 1 rings (SSSR count). The second-order valence-corrected chi connectivity index (χ2v) is 6.32. The Bertz CT molecular complexity index is 485. The number of hydrogen-bond donors (Lipinski definition) is 1. The molecule has 5 nitrogen and oxygen atoms in total. The Morgan fingerprint density at radius 2 is 2.17 bits per heavy atom. The Labute approximate surface area is 105 Å². The van der Waals surface area contributed by atoms with E-state index < -0.39 is 16.3 Å². The standard InChI is InChI=1S/C10H17F2N3O2S/c1-3-18(16,17)5-4-15-9(10(11)12)8(6-13-2)7-14-15/h7,10,13H,3-6H2,1-2H3. The monoisotopic (exact) mass is 281 g/mol. The highest BCUT2D eigenvalue weighted by atomic mass is 32.2. The third kappa shape index (κ3) is 3.74. The normalized spacial score (nSPS) is 12.3. The van der Waals surface area contributed by atoms with Crippen LogP contribution in [0.25, 0.3) is 0 Å². The lowest BCUT2D eigenvalue weighted by Gasteiger charge is -2.08. The van der Waals surface area contributed by atoms with Gasteiger partial charge in [-0.15, -0.1) is 0 Å². The van der Waals surface area contributed by atoms with Crippen molar-refractivity contribution in [3.63, 3.8) is 0 Å². The number of nitrogens with one attached hydrogen (secondary N) is 1. The summed E-state index contributed by atoms with van der Waals surface area (Å²) in [6, 6.07) is 0. The maximum atomic E-state index is 12.9. The summed E-state index contributed by atoms with van der Waals surface area (Å²) >= 11 is 0. The Kier molecular flexibility index (Phi) is 5.21. The topological polar surface area (TPSA) is 64.0 Å². The number of rotatable bonds is 7. The Morgan fingerprint density at radius 1 is 1.50 bits per heavy atom. The summed E-state index contributed by atoms with van der Waals surface area (Å²) in [7, 11) is -1.54. The number of halogens is 2. The second kappa shape index (κ2) is 6.24. The molecule has 0 amide bonds. The van der Waals surface area contributed by atoms with Gasteiger partial charge in [-0.2, -0.15) is 5.10 Å². The molecule has 0 aliphatic heterocycles. The fourth-order valence-corrected chi connectivity index (χ4v) is 2.30. The van der Waals surface area contributed by atoms with E-state index >= 15 is 0 Å². The molecule has 0 aliphatic carbocycles. The molecule has 0 radical (unpaired) electrons. The van der Waals surface area contributed by atoms with Gasteiger partial charge in [-0.1, -0.05) is 6.92 Å². The molecule has 0 unspecified atom stereocenters. The number of alkyl halides is 2. The molecule has 0 bridgehead atoms. The fraction of sp³-hybridized carbons (Fsp3) is 0.700. The van der Waals surface area contributed by atoms with Crippen LogP contribution in [0.1, 0.15) is 24.6 Å². The van der Waals surface area contributed by atoms with E-state index in [0.717, 1.165) is 4.68 Å². The van der Waals surface area contributed by atoms with Gasteiger partial charge >= 0.3 is 0 Å². The minimum atomic E-state index is -3.18. The molecule has 0 saturated carbocycles. The summed E-state index contributed by atoms with van der Waals surface area (Å²) < 4.78 is 49.6. The molecule has 0 spiro atoms.